The standard InChI is InChI=1S/C15H16N2O3/c1-17(2)15(19)12-7-5-11(6-8-12)10-16-14(18)13-4-3-9-20-13/h3-9H,10H2,1-2H3,(H,16,18). The van der Waals surface area contributed by atoms with Crippen LogP contribution < -0.4 is 5.32 Å². The van der Waals surface area contributed by atoms with Crippen molar-refractivity contribution in [3.8, 4) is 0 Å². The molecular formula is C15H16N2O3. The van der Waals surface area contributed by atoms with Gasteiger partial charge in [-0.25, -0.2) is 0 Å². The Hall–Kier alpha value is -2.56. The second-order valence-electron chi connectivity index (χ2n) is 4.56. The van der Waals surface area contributed by atoms with Crippen molar-refractivity contribution in [2.45, 2.75) is 6.54 Å². The minimum absolute atomic E-state index is 0.0452. The third-order valence-electron chi connectivity index (χ3n) is 2.81. The molecule has 2 amide bonds. The zero-order valence-electron chi connectivity index (χ0n) is 11.4. The maximum atomic E-state index is 11.7. The third-order valence-corrected chi connectivity index (χ3v) is 2.81. The van der Waals surface area contributed by atoms with Crippen molar-refractivity contribution in [2.75, 3.05) is 14.1 Å². The highest BCUT2D eigenvalue weighted by Gasteiger charge is 2.09. The molecule has 0 spiro atoms. The molecule has 0 fully saturated rings. The van der Waals surface area contributed by atoms with Gasteiger partial charge in [0.25, 0.3) is 11.8 Å². The fourth-order valence-corrected chi connectivity index (χ4v) is 1.70. The van der Waals surface area contributed by atoms with Crippen LogP contribution in [0.3, 0.4) is 0 Å². The number of furan rings is 1. The Kier molecular flexibility index (Phi) is 4.20. The topological polar surface area (TPSA) is 62.6 Å². The molecule has 5 nitrogen and oxygen atoms in total. The molecule has 0 aliphatic heterocycles. The predicted molar refractivity (Wildman–Crippen MR) is 74.3 cm³/mol. The summed E-state index contributed by atoms with van der Waals surface area (Å²) in [4.78, 5) is 24.9. The zero-order valence-corrected chi connectivity index (χ0v) is 11.4. The van der Waals surface area contributed by atoms with Gasteiger partial charge < -0.3 is 14.6 Å². The SMILES string of the molecule is CN(C)C(=O)c1ccc(CNC(=O)c2ccco2)cc1. The molecule has 0 aliphatic rings. The number of carbonyl (C=O) groups is 2. The van der Waals surface area contributed by atoms with Crippen LogP contribution in [-0.4, -0.2) is 30.8 Å². The van der Waals surface area contributed by atoms with Crippen LogP contribution in [0.2, 0.25) is 0 Å². The zero-order chi connectivity index (χ0) is 14.5. The highest BCUT2D eigenvalue weighted by molar-refractivity contribution is 5.94. The van der Waals surface area contributed by atoms with E-state index in [0.29, 0.717) is 12.1 Å². The molecule has 2 rings (SSSR count). The van der Waals surface area contributed by atoms with Gasteiger partial charge in [-0.1, -0.05) is 12.1 Å². The minimum Gasteiger partial charge on any atom is -0.459 e. The van der Waals surface area contributed by atoms with Crippen LogP contribution in [0.15, 0.2) is 47.1 Å². The van der Waals surface area contributed by atoms with E-state index >= 15 is 0 Å². The van der Waals surface area contributed by atoms with Gasteiger partial charge in [0.05, 0.1) is 6.26 Å². The lowest BCUT2D eigenvalue weighted by molar-refractivity contribution is 0.0827. The van der Waals surface area contributed by atoms with Crippen LogP contribution in [0.5, 0.6) is 0 Å². The molecular weight excluding hydrogens is 256 g/mol. The molecule has 1 heterocycles. The van der Waals surface area contributed by atoms with Crippen LogP contribution >= 0.6 is 0 Å². The van der Waals surface area contributed by atoms with Gasteiger partial charge >= 0.3 is 0 Å². The van der Waals surface area contributed by atoms with Crippen LogP contribution in [0, 0.1) is 0 Å². The molecule has 0 saturated carbocycles. The van der Waals surface area contributed by atoms with Crippen molar-refractivity contribution in [2.24, 2.45) is 0 Å². The molecule has 1 N–H and O–H groups in total. The summed E-state index contributed by atoms with van der Waals surface area (Å²) in [5.74, 6) is -0.0241. The summed E-state index contributed by atoms with van der Waals surface area (Å²) in [5, 5.41) is 2.74. The lowest BCUT2D eigenvalue weighted by atomic mass is 10.1. The Balaban J connectivity index is 1.94. The van der Waals surface area contributed by atoms with Gasteiger partial charge in [0, 0.05) is 26.2 Å². The average Bonchev–Trinajstić information content (AvgIpc) is 2.98. The fraction of sp³-hybridized carbons (Fsp3) is 0.200. The van der Waals surface area contributed by atoms with Crippen molar-refractivity contribution in [3.05, 3.63) is 59.5 Å². The summed E-state index contributed by atoms with van der Waals surface area (Å²) in [6, 6.07) is 10.4. The third kappa shape index (κ3) is 3.26. The summed E-state index contributed by atoms with van der Waals surface area (Å²) in [6.07, 6.45) is 1.45. The van der Waals surface area contributed by atoms with Gasteiger partial charge in [-0.15, -0.1) is 0 Å². The van der Waals surface area contributed by atoms with E-state index in [4.69, 9.17) is 4.42 Å². The highest BCUT2D eigenvalue weighted by atomic mass is 16.3. The monoisotopic (exact) mass is 272 g/mol. The number of hydrogen-bond acceptors (Lipinski definition) is 3. The number of nitrogens with one attached hydrogen (secondary N) is 1. The summed E-state index contributed by atoms with van der Waals surface area (Å²) < 4.78 is 5.00. The van der Waals surface area contributed by atoms with Crippen LogP contribution in [0.25, 0.3) is 0 Å². The van der Waals surface area contributed by atoms with Gasteiger partial charge in [-0.05, 0) is 29.8 Å². The van der Waals surface area contributed by atoms with Gasteiger partial charge in [0.2, 0.25) is 0 Å². The Morgan fingerprint density at radius 1 is 1.15 bits per heavy atom. The molecule has 1 aromatic carbocycles. The van der Waals surface area contributed by atoms with E-state index < -0.39 is 0 Å². The van der Waals surface area contributed by atoms with Crippen LogP contribution in [-0.2, 0) is 6.54 Å². The smallest absolute Gasteiger partial charge is 0.287 e. The lowest BCUT2D eigenvalue weighted by Gasteiger charge is -2.10. The number of carbonyl (C=O) groups excluding carboxylic acids is 2. The van der Waals surface area contributed by atoms with Crippen LogP contribution in [0.1, 0.15) is 26.5 Å². The summed E-state index contributed by atoms with van der Waals surface area (Å²) >= 11 is 0. The molecule has 2 aromatic rings. The number of amides is 2. The van der Waals surface area contributed by atoms with Crippen LogP contribution in [0.4, 0.5) is 0 Å². The lowest BCUT2D eigenvalue weighted by Crippen LogP contribution is -2.23. The number of hydrogen-bond donors (Lipinski definition) is 1. The van der Waals surface area contributed by atoms with E-state index in [2.05, 4.69) is 5.32 Å². The first-order valence-corrected chi connectivity index (χ1v) is 6.20. The molecule has 1 aromatic heterocycles. The summed E-state index contributed by atoms with van der Waals surface area (Å²) in [7, 11) is 3.42. The second-order valence-corrected chi connectivity index (χ2v) is 4.56. The Bertz CT molecular complexity index is 586. The first kappa shape index (κ1) is 13.9. The first-order chi connectivity index (χ1) is 9.58. The molecule has 0 saturated heterocycles. The Morgan fingerprint density at radius 2 is 1.85 bits per heavy atom. The molecule has 0 bridgehead atoms. The normalized spacial score (nSPS) is 10.1. The quantitative estimate of drug-likeness (QED) is 0.924. The van der Waals surface area contributed by atoms with E-state index in [1.165, 1.54) is 11.2 Å². The van der Waals surface area contributed by atoms with E-state index in [1.54, 1.807) is 38.4 Å². The van der Waals surface area contributed by atoms with E-state index in [-0.39, 0.29) is 17.6 Å². The maximum Gasteiger partial charge on any atom is 0.287 e. The molecule has 0 unspecified atom stereocenters. The largest absolute Gasteiger partial charge is 0.459 e. The number of rotatable bonds is 4. The van der Waals surface area contributed by atoms with Crippen molar-refractivity contribution in [1.29, 1.82) is 0 Å². The van der Waals surface area contributed by atoms with Gasteiger partial charge in [0.1, 0.15) is 0 Å². The summed E-state index contributed by atoms with van der Waals surface area (Å²) in [5.41, 5.74) is 1.54. The Morgan fingerprint density at radius 3 is 2.40 bits per heavy atom. The summed E-state index contributed by atoms with van der Waals surface area (Å²) in [6.45, 7) is 0.385. The van der Waals surface area contributed by atoms with Crippen molar-refractivity contribution in [3.63, 3.8) is 0 Å². The van der Waals surface area contributed by atoms with E-state index in [1.807, 2.05) is 12.1 Å². The first-order valence-electron chi connectivity index (χ1n) is 6.20. The molecule has 20 heavy (non-hydrogen) atoms. The van der Waals surface area contributed by atoms with Crippen molar-refractivity contribution >= 4 is 11.8 Å². The van der Waals surface area contributed by atoms with Crippen molar-refractivity contribution in [1.82, 2.24) is 10.2 Å². The fourth-order valence-electron chi connectivity index (χ4n) is 1.70. The molecule has 104 valence electrons. The maximum absolute atomic E-state index is 11.7. The predicted octanol–water partition coefficient (Wildman–Crippen LogP) is 1.91. The Labute approximate surface area is 117 Å². The highest BCUT2D eigenvalue weighted by Crippen LogP contribution is 2.07. The number of benzene rings is 1. The van der Waals surface area contributed by atoms with Gasteiger partial charge in [-0.2, -0.15) is 0 Å². The molecule has 0 aliphatic carbocycles. The van der Waals surface area contributed by atoms with E-state index in [9.17, 15) is 9.59 Å². The van der Waals surface area contributed by atoms with E-state index in [0.717, 1.165) is 5.56 Å². The van der Waals surface area contributed by atoms with Crippen molar-refractivity contribution < 1.29 is 14.0 Å². The molecule has 5 heteroatoms. The number of nitrogens with zero attached hydrogens (tertiary/aromatic N) is 1. The molecule has 0 radical (unpaired) electrons. The molecule has 0 atom stereocenters. The van der Waals surface area contributed by atoms with Gasteiger partial charge in [-0.3, -0.25) is 9.59 Å². The second kappa shape index (κ2) is 6.06. The van der Waals surface area contributed by atoms with Gasteiger partial charge in [0.15, 0.2) is 5.76 Å². The minimum atomic E-state index is -0.261. The average molecular weight is 272 g/mol.